The van der Waals surface area contributed by atoms with Gasteiger partial charge < -0.3 is 15.5 Å². The average molecular weight is 347 g/mol. The molecular weight excluding hydrogens is 324 g/mol. The molecule has 5 nitrogen and oxygen atoms in total. The fourth-order valence-electron chi connectivity index (χ4n) is 2.21. The number of aryl methyl sites for hydroxylation is 1. The number of amides is 1. The number of benzene rings is 1. The van der Waals surface area contributed by atoms with Crippen LogP contribution >= 0.6 is 11.6 Å². The van der Waals surface area contributed by atoms with Gasteiger partial charge >= 0.3 is 0 Å². The highest BCUT2D eigenvalue weighted by molar-refractivity contribution is 6.30. The third kappa shape index (κ3) is 5.51. The summed E-state index contributed by atoms with van der Waals surface area (Å²) < 4.78 is 0. The summed E-state index contributed by atoms with van der Waals surface area (Å²) in [6, 6.07) is 9.21. The fraction of sp³-hybridized carbons (Fsp3) is 0.333. The standard InChI is InChI=1S/C18H23ClN4O/c1-13-11-14(19)5-7-16(13)22-15-6-8-17(21-12-15)18(24)20-9-4-10-23(2)3/h5-8,11-12,22H,4,9-10H2,1-3H3,(H,20,24). The summed E-state index contributed by atoms with van der Waals surface area (Å²) in [4.78, 5) is 18.3. The van der Waals surface area contributed by atoms with Crippen LogP contribution in [0.3, 0.4) is 0 Å². The number of pyridine rings is 1. The summed E-state index contributed by atoms with van der Waals surface area (Å²) in [6.07, 6.45) is 2.57. The van der Waals surface area contributed by atoms with E-state index in [0.29, 0.717) is 17.3 Å². The normalized spacial score (nSPS) is 10.7. The molecule has 1 heterocycles. The maximum absolute atomic E-state index is 12.0. The van der Waals surface area contributed by atoms with E-state index in [1.54, 1.807) is 12.3 Å². The Balaban J connectivity index is 1.91. The van der Waals surface area contributed by atoms with Crippen molar-refractivity contribution >= 4 is 28.9 Å². The van der Waals surface area contributed by atoms with Crippen molar-refractivity contribution in [2.75, 3.05) is 32.5 Å². The van der Waals surface area contributed by atoms with Crippen molar-refractivity contribution < 1.29 is 4.79 Å². The number of carbonyl (C=O) groups is 1. The van der Waals surface area contributed by atoms with Crippen LogP contribution in [0.25, 0.3) is 0 Å². The van der Waals surface area contributed by atoms with Crippen LogP contribution in [0.4, 0.5) is 11.4 Å². The summed E-state index contributed by atoms with van der Waals surface area (Å²) in [5.74, 6) is -0.150. The number of hydrogen-bond acceptors (Lipinski definition) is 4. The van der Waals surface area contributed by atoms with E-state index in [9.17, 15) is 4.79 Å². The summed E-state index contributed by atoms with van der Waals surface area (Å²) in [5.41, 5.74) is 3.25. The highest BCUT2D eigenvalue weighted by Gasteiger charge is 2.07. The Morgan fingerprint density at radius 1 is 1.25 bits per heavy atom. The predicted octanol–water partition coefficient (Wildman–Crippen LogP) is 3.47. The molecule has 0 bridgehead atoms. The third-order valence-corrected chi connectivity index (χ3v) is 3.77. The van der Waals surface area contributed by atoms with Gasteiger partial charge in [-0.25, -0.2) is 4.98 Å². The minimum Gasteiger partial charge on any atom is -0.354 e. The molecule has 1 aromatic heterocycles. The Labute approximate surface area is 148 Å². The average Bonchev–Trinajstić information content (AvgIpc) is 2.54. The van der Waals surface area contributed by atoms with Gasteiger partial charge in [-0.3, -0.25) is 4.79 Å². The van der Waals surface area contributed by atoms with E-state index in [2.05, 4.69) is 20.5 Å². The predicted molar refractivity (Wildman–Crippen MR) is 99.2 cm³/mol. The highest BCUT2D eigenvalue weighted by Crippen LogP contribution is 2.23. The van der Waals surface area contributed by atoms with Gasteiger partial charge in [-0.1, -0.05) is 11.6 Å². The number of nitrogens with zero attached hydrogens (tertiary/aromatic N) is 2. The van der Waals surface area contributed by atoms with Gasteiger partial charge in [0.2, 0.25) is 0 Å². The van der Waals surface area contributed by atoms with E-state index in [0.717, 1.165) is 29.9 Å². The Morgan fingerprint density at radius 2 is 2.04 bits per heavy atom. The molecular formula is C18H23ClN4O. The highest BCUT2D eigenvalue weighted by atomic mass is 35.5. The molecule has 1 amide bonds. The van der Waals surface area contributed by atoms with Crippen LogP contribution in [0.15, 0.2) is 36.5 Å². The Morgan fingerprint density at radius 3 is 2.67 bits per heavy atom. The molecule has 0 atom stereocenters. The molecule has 0 saturated heterocycles. The summed E-state index contributed by atoms with van der Waals surface area (Å²) in [7, 11) is 4.02. The molecule has 0 saturated carbocycles. The first-order chi connectivity index (χ1) is 11.5. The molecule has 0 spiro atoms. The van der Waals surface area contributed by atoms with Crippen LogP contribution in [0.1, 0.15) is 22.5 Å². The van der Waals surface area contributed by atoms with Crippen molar-refractivity contribution in [3.63, 3.8) is 0 Å². The van der Waals surface area contributed by atoms with E-state index in [1.165, 1.54) is 0 Å². The van der Waals surface area contributed by atoms with E-state index in [1.807, 2.05) is 45.3 Å². The first kappa shape index (κ1) is 18.2. The number of hydrogen-bond donors (Lipinski definition) is 2. The molecule has 1 aromatic carbocycles. The van der Waals surface area contributed by atoms with Gasteiger partial charge in [0.15, 0.2) is 0 Å². The second-order valence-electron chi connectivity index (χ2n) is 5.93. The van der Waals surface area contributed by atoms with E-state index in [4.69, 9.17) is 11.6 Å². The summed E-state index contributed by atoms with van der Waals surface area (Å²) >= 11 is 5.96. The van der Waals surface area contributed by atoms with E-state index >= 15 is 0 Å². The zero-order valence-corrected chi connectivity index (χ0v) is 15.0. The topological polar surface area (TPSA) is 57.3 Å². The monoisotopic (exact) mass is 346 g/mol. The van der Waals surface area contributed by atoms with E-state index < -0.39 is 0 Å². The fourth-order valence-corrected chi connectivity index (χ4v) is 2.44. The first-order valence-electron chi connectivity index (χ1n) is 7.88. The van der Waals surface area contributed by atoms with Gasteiger partial charge in [0.25, 0.3) is 5.91 Å². The minimum atomic E-state index is -0.150. The molecule has 0 aliphatic heterocycles. The van der Waals surface area contributed by atoms with Crippen molar-refractivity contribution in [1.82, 2.24) is 15.2 Å². The number of nitrogens with one attached hydrogen (secondary N) is 2. The molecule has 0 radical (unpaired) electrons. The van der Waals surface area contributed by atoms with E-state index in [-0.39, 0.29) is 5.91 Å². The van der Waals surface area contributed by atoms with Gasteiger partial charge in [-0.05, 0) is 69.9 Å². The molecule has 2 N–H and O–H groups in total. The lowest BCUT2D eigenvalue weighted by atomic mass is 10.2. The lowest BCUT2D eigenvalue weighted by molar-refractivity contribution is 0.0947. The first-order valence-corrected chi connectivity index (χ1v) is 8.25. The lowest BCUT2D eigenvalue weighted by Crippen LogP contribution is -2.27. The summed E-state index contributed by atoms with van der Waals surface area (Å²) in [5, 5.41) is 6.85. The molecule has 2 rings (SSSR count). The van der Waals surface area contributed by atoms with Crippen LogP contribution in [0, 0.1) is 6.92 Å². The zero-order valence-electron chi connectivity index (χ0n) is 14.3. The van der Waals surface area contributed by atoms with Crippen molar-refractivity contribution in [2.24, 2.45) is 0 Å². The molecule has 0 fully saturated rings. The molecule has 128 valence electrons. The van der Waals surface area contributed by atoms with Gasteiger partial charge in [-0.15, -0.1) is 0 Å². The Bertz CT molecular complexity index is 686. The van der Waals surface area contributed by atoms with Gasteiger partial charge in [0.05, 0.1) is 11.9 Å². The third-order valence-electron chi connectivity index (χ3n) is 3.53. The van der Waals surface area contributed by atoms with Gasteiger partial charge in [0.1, 0.15) is 5.69 Å². The zero-order chi connectivity index (χ0) is 17.5. The summed E-state index contributed by atoms with van der Waals surface area (Å²) in [6.45, 7) is 3.57. The molecule has 0 aliphatic rings. The second-order valence-corrected chi connectivity index (χ2v) is 6.37. The van der Waals surface area contributed by atoms with Crippen LogP contribution in [-0.4, -0.2) is 43.0 Å². The van der Waals surface area contributed by atoms with Crippen molar-refractivity contribution in [3.05, 3.63) is 52.8 Å². The number of rotatable bonds is 7. The maximum atomic E-state index is 12.0. The molecule has 6 heteroatoms. The van der Waals surface area contributed by atoms with Gasteiger partial charge in [0, 0.05) is 17.3 Å². The number of carbonyl (C=O) groups excluding carboxylic acids is 1. The molecule has 2 aromatic rings. The number of halogens is 1. The minimum absolute atomic E-state index is 0.150. The van der Waals surface area contributed by atoms with Gasteiger partial charge in [-0.2, -0.15) is 0 Å². The van der Waals surface area contributed by atoms with Crippen LogP contribution < -0.4 is 10.6 Å². The van der Waals surface area contributed by atoms with Crippen LogP contribution in [0.5, 0.6) is 0 Å². The van der Waals surface area contributed by atoms with Crippen LogP contribution in [-0.2, 0) is 0 Å². The second kappa shape index (κ2) is 8.66. The molecule has 0 aliphatic carbocycles. The largest absolute Gasteiger partial charge is 0.354 e. The van der Waals surface area contributed by atoms with Crippen molar-refractivity contribution in [2.45, 2.75) is 13.3 Å². The Hall–Kier alpha value is -2.11. The van der Waals surface area contributed by atoms with Crippen molar-refractivity contribution in [3.8, 4) is 0 Å². The maximum Gasteiger partial charge on any atom is 0.269 e. The number of anilines is 2. The Kier molecular flexibility index (Phi) is 6.58. The quantitative estimate of drug-likeness (QED) is 0.754. The smallest absolute Gasteiger partial charge is 0.269 e. The molecule has 0 unspecified atom stereocenters. The number of aromatic nitrogens is 1. The SMILES string of the molecule is Cc1cc(Cl)ccc1Nc1ccc(C(=O)NCCCN(C)C)nc1. The molecule has 24 heavy (non-hydrogen) atoms. The lowest BCUT2D eigenvalue weighted by Gasteiger charge is -2.11. The van der Waals surface area contributed by atoms with Crippen molar-refractivity contribution in [1.29, 1.82) is 0 Å². The van der Waals surface area contributed by atoms with Crippen LogP contribution in [0.2, 0.25) is 5.02 Å².